The van der Waals surface area contributed by atoms with Gasteiger partial charge in [0.2, 0.25) is 0 Å². The molecule has 0 atom stereocenters. The van der Waals surface area contributed by atoms with Crippen molar-refractivity contribution in [2.75, 3.05) is 26.2 Å². The Hall–Kier alpha value is -0.870. The quantitative estimate of drug-likeness (QED) is 0.842. The molecule has 1 N–H and O–H groups in total. The molecule has 2 heterocycles. The summed E-state index contributed by atoms with van der Waals surface area (Å²) in [5, 5.41) is 7.90. The molecule has 1 aromatic rings. The highest BCUT2D eigenvalue weighted by Gasteiger charge is 2.24. The molecule has 1 saturated heterocycles. The van der Waals surface area contributed by atoms with Crippen molar-refractivity contribution < 1.29 is 0 Å². The predicted molar refractivity (Wildman–Crippen MR) is 77.1 cm³/mol. The summed E-state index contributed by atoms with van der Waals surface area (Å²) in [6.45, 7) is 4.98. The smallest absolute Gasteiger partial charge is 0.0492 e. The minimum atomic E-state index is 0.864. The minimum absolute atomic E-state index is 0.864. The van der Waals surface area contributed by atoms with Crippen LogP contribution < -0.4 is 5.32 Å². The van der Waals surface area contributed by atoms with Crippen molar-refractivity contribution in [2.24, 2.45) is 13.0 Å². The molecule has 0 spiro atoms. The molecule has 1 saturated carbocycles. The normalized spacial score (nSPS) is 21.9. The summed E-state index contributed by atoms with van der Waals surface area (Å²) in [6.07, 6.45) is 8.57. The Morgan fingerprint density at radius 2 is 2.05 bits per heavy atom. The average molecular weight is 262 g/mol. The van der Waals surface area contributed by atoms with Crippen LogP contribution in [0.3, 0.4) is 0 Å². The van der Waals surface area contributed by atoms with Gasteiger partial charge in [0.15, 0.2) is 0 Å². The fourth-order valence-electron chi connectivity index (χ4n) is 2.95. The molecule has 4 heteroatoms. The molecule has 1 aliphatic heterocycles. The summed E-state index contributed by atoms with van der Waals surface area (Å²) in [5.74, 6) is 0.911. The van der Waals surface area contributed by atoms with Crippen molar-refractivity contribution in [3.63, 3.8) is 0 Å². The number of likely N-dealkylation sites (tertiary alicyclic amines) is 1. The number of rotatable bonds is 6. The molecule has 0 aromatic carbocycles. The molecule has 0 bridgehead atoms. The SMILES string of the molecule is Cn1nccc1CCN1CCC(CNC2CC2)CC1. The van der Waals surface area contributed by atoms with Crippen LogP contribution in [0.1, 0.15) is 31.4 Å². The lowest BCUT2D eigenvalue weighted by molar-refractivity contribution is 0.183. The van der Waals surface area contributed by atoms with E-state index in [9.17, 15) is 0 Å². The number of hydrogen-bond donors (Lipinski definition) is 1. The number of piperidine rings is 1. The predicted octanol–water partition coefficient (Wildman–Crippen LogP) is 1.43. The molecule has 0 unspecified atom stereocenters. The summed E-state index contributed by atoms with van der Waals surface area (Å²) in [6, 6.07) is 3.00. The highest BCUT2D eigenvalue weighted by Crippen LogP contribution is 2.21. The zero-order valence-electron chi connectivity index (χ0n) is 12.0. The Morgan fingerprint density at radius 3 is 2.68 bits per heavy atom. The van der Waals surface area contributed by atoms with Crippen molar-refractivity contribution in [3.8, 4) is 0 Å². The fourth-order valence-corrected chi connectivity index (χ4v) is 2.95. The van der Waals surface area contributed by atoms with E-state index in [0.717, 1.165) is 18.4 Å². The van der Waals surface area contributed by atoms with Gasteiger partial charge in [-0.15, -0.1) is 0 Å². The van der Waals surface area contributed by atoms with Gasteiger partial charge in [-0.1, -0.05) is 0 Å². The van der Waals surface area contributed by atoms with E-state index in [1.807, 2.05) is 17.9 Å². The Bertz CT molecular complexity index is 389. The third-order valence-corrected chi connectivity index (χ3v) is 4.59. The molecule has 0 radical (unpaired) electrons. The van der Waals surface area contributed by atoms with Gasteiger partial charge < -0.3 is 10.2 Å². The third kappa shape index (κ3) is 3.80. The van der Waals surface area contributed by atoms with Crippen LogP contribution in [0.25, 0.3) is 0 Å². The maximum absolute atomic E-state index is 4.23. The second kappa shape index (κ2) is 6.06. The van der Waals surface area contributed by atoms with Gasteiger partial charge in [0, 0.05) is 37.9 Å². The standard InChI is InChI=1S/C15H26N4/c1-18-15(4-8-17-18)7-11-19-9-5-13(6-10-19)12-16-14-2-3-14/h4,8,13-14,16H,2-3,5-7,9-12H2,1H3. The lowest BCUT2D eigenvalue weighted by Gasteiger charge is -2.32. The van der Waals surface area contributed by atoms with Crippen LogP contribution in [-0.2, 0) is 13.5 Å². The first kappa shape index (κ1) is 13.1. The van der Waals surface area contributed by atoms with Gasteiger partial charge in [0.25, 0.3) is 0 Å². The Kier molecular flexibility index (Phi) is 4.18. The van der Waals surface area contributed by atoms with Crippen LogP contribution in [0.4, 0.5) is 0 Å². The maximum atomic E-state index is 4.23. The number of nitrogens with one attached hydrogen (secondary N) is 1. The van der Waals surface area contributed by atoms with Crippen molar-refractivity contribution >= 4 is 0 Å². The Balaban J connectivity index is 1.34. The molecule has 19 heavy (non-hydrogen) atoms. The van der Waals surface area contributed by atoms with Crippen molar-refractivity contribution in [1.82, 2.24) is 20.0 Å². The van der Waals surface area contributed by atoms with E-state index in [0.29, 0.717) is 0 Å². The van der Waals surface area contributed by atoms with Crippen LogP contribution in [0.15, 0.2) is 12.3 Å². The highest BCUT2D eigenvalue weighted by atomic mass is 15.3. The third-order valence-electron chi connectivity index (χ3n) is 4.59. The molecule has 1 aliphatic carbocycles. The first-order valence-corrected chi connectivity index (χ1v) is 7.74. The zero-order valence-corrected chi connectivity index (χ0v) is 12.0. The van der Waals surface area contributed by atoms with E-state index in [1.165, 1.54) is 57.6 Å². The van der Waals surface area contributed by atoms with Crippen LogP contribution in [0, 0.1) is 5.92 Å². The molecule has 3 rings (SSSR count). The van der Waals surface area contributed by atoms with Crippen molar-refractivity contribution in [3.05, 3.63) is 18.0 Å². The van der Waals surface area contributed by atoms with Crippen molar-refractivity contribution in [1.29, 1.82) is 0 Å². The zero-order chi connectivity index (χ0) is 13.1. The highest BCUT2D eigenvalue weighted by molar-refractivity contribution is 5.00. The first-order chi connectivity index (χ1) is 9.31. The van der Waals surface area contributed by atoms with Crippen molar-refractivity contribution in [2.45, 2.75) is 38.1 Å². The second-order valence-corrected chi connectivity index (χ2v) is 6.16. The summed E-state index contributed by atoms with van der Waals surface area (Å²) in [5.41, 5.74) is 1.34. The van der Waals surface area contributed by atoms with Crippen LogP contribution in [0.5, 0.6) is 0 Å². The summed E-state index contributed by atoms with van der Waals surface area (Å²) >= 11 is 0. The van der Waals surface area contributed by atoms with E-state index >= 15 is 0 Å². The molecule has 2 fully saturated rings. The van der Waals surface area contributed by atoms with E-state index in [4.69, 9.17) is 0 Å². The van der Waals surface area contributed by atoms with E-state index in [-0.39, 0.29) is 0 Å². The Morgan fingerprint density at radius 1 is 1.26 bits per heavy atom. The van der Waals surface area contributed by atoms with Gasteiger partial charge in [0.1, 0.15) is 0 Å². The monoisotopic (exact) mass is 262 g/mol. The molecule has 4 nitrogen and oxygen atoms in total. The first-order valence-electron chi connectivity index (χ1n) is 7.74. The number of nitrogens with zero attached hydrogens (tertiary/aromatic N) is 3. The minimum Gasteiger partial charge on any atom is -0.314 e. The lowest BCUT2D eigenvalue weighted by atomic mass is 9.96. The topological polar surface area (TPSA) is 33.1 Å². The van der Waals surface area contributed by atoms with Gasteiger partial charge in [-0.05, 0) is 57.3 Å². The van der Waals surface area contributed by atoms with Gasteiger partial charge in [-0.25, -0.2) is 0 Å². The van der Waals surface area contributed by atoms with Gasteiger partial charge in [0.05, 0.1) is 0 Å². The van der Waals surface area contributed by atoms with Gasteiger partial charge >= 0.3 is 0 Å². The molecule has 1 aromatic heterocycles. The second-order valence-electron chi connectivity index (χ2n) is 6.16. The Labute approximate surface area is 116 Å². The molecule has 106 valence electrons. The van der Waals surface area contributed by atoms with E-state index in [2.05, 4.69) is 21.4 Å². The summed E-state index contributed by atoms with van der Waals surface area (Å²) in [4.78, 5) is 2.61. The lowest BCUT2D eigenvalue weighted by Crippen LogP contribution is -2.38. The molecular formula is C15H26N4. The van der Waals surface area contributed by atoms with E-state index < -0.39 is 0 Å². The van der Waals surface area contributed by atoms with Crippen LogP contribution in [0.2, 0.25) is 0 Å². The average Bonchev–Trinajstić information content (AvgIpc) is 3.18. The molecular weight excluding hydrogens is 236 g/mol. The fraction of sp³-hybridized carbons (Fsp3) is 0.800. The maximum Gasteiger partial charge on any atom is 0.0492 e. The van der Waals surface area contributed by atoms with Gasteiger partial charge in [-0.3, -0.25) is 4.68 Å². The number of hydrogen-bond acceptors (Lipinski definition) is 3. The summed E-state index contributed by atoms with van der Waals surface area (Å²) < 4.78 is 1.99. The number of aryl methyl sites for hydroxylation is 1. The van der Waals surface area contributed by atoms with Gasteiger partial charge in [-0.2, -0.15) is 5.10 Å². The van der Waals surface area contributed by atoms with E-state index in [1.54, 1.807) is 0 Å². The molecule has 0 amide bonds. The van der Waals surface area contributed by atoms with Crippen LogP contribution >= 0.6 is 0 Å². The van der Waals surface area contributed by atoms with Crippen LogP contribution in [-0.4, -0.2) is 46.9 Å². The summed E-state index contributed by atoms with van der Waals surface area (Å²) in [7, 11) is 2.03. The molecule has 2 aliphatic rings. The largest absolute Gasteiger partial charge is 0.314 e. The number of aromatic nitrogens is 2.